The number of benzene rings is 1. The van der Waals surface area contributed by atoms with Crippen LogP contribution >= 0.6 is 0 Å². The van der Waals surface area contributed by atoms with Gasteiger partial charge in [-0.15, -0.1) is 0 Å². The average molecular weight is 300 g/mol. The van der Waals surface area contributed by atoms with Gasteiger partial charge in [-0.05, 0) is 30.7 Å². The first kappa shape index (κ1) is 15.4. The Bertz CT molecular complexity index is 717. The van der Waals surface area contributed by atoms with E-state index in [1.165, 1.54) is 18.2 Å². The number of nitrogens with zero attached hydrogens (tertiary/aromatic N) is 3. The molecule has 0 bridgehead atoms. The minimum absolute atomic E-state index is 0.0219. The van der Waals surface area contributed by atoms with Crippen LogP contribution in [0.4, 0.5) is 5.69 Å². The van der Waals surface area contributed by atoms with Gasteiger partial charge in [-0.2, -0.15) is 5.10 Å². The van der Waals surface area contributed by atoms with Gasteiger partial charge in [0.05, 0.1) is 10.6 Å². The topological polar surface area (TPSA) is 90.1 Å². The molecule has 22 heavy (non-hydrogen) atoms. The molecule has 7 heteroatoms. The Morgan fingerprint density at radius 2 is 2.09 bits per heavy atom. The lowest BCUT2D eigenvalue weighted by Gasteiger charge is -2.00. The predicted octanol–water partition coefficient (Wildman–Crippen LogP) is 1.97. The maximum absolute atomic E-state index is 11.7. The number of rotatable bonds is 5. The third-order valence-electron chi connectivity index (χ3n) is 3.10. The molecule has 114 valence electrons. The maximum atomic E-state index is 11.7. The van der Waals surface area contributed by atoms with Gasteiger partial charge in [-0.1, -0.05) is 0 Å². The van der Waals surface area contributed by atoms with Gasteiger partial charge in [0.15, 0.2) is 0 Å². The van der Waals surface area contributed by atoms with E-state index in [4.69, 9.17) is 0 Å². The molecule has 0 aliphatic heterocycles. The number of carbonyl (C=O) groups excluding carboxylic acids is 1. The monoisotopic (exact) mass is 300 g/mol. The summed E-state index contributed by atoms with van der Waals surface area (Å²) >= 11 is 0. The Morgan fingerprint density at radius 1 is 1.41 bits per heavy atom. The van der Waals surface area contributed by atoms with Crippen molar-refractivity contribution >= 4 is 17.7 Å². The number of aryl methyl sites for hydroxylation is 2. The van der Waals surface area contributed by atoms with Crippen LogP contribution in [0.1, 0.15) is 16.8 Å². The fourth-order valence-electron chi connectivity index (χ4n) is 1.94. The van der Waals surface area contributed by atoms with Crippen LogP contribution in [0.25, 0.3) is 6.08 Å². The van der Waals surface area contributed by atoms with Crippen molar-refractivity contribution < 1.29 is 9.72 Å². The number of hydrogen-bond donors (Lipinski definition) is 1. The minimum Gasteiger partial charge on any atom is -0.348 e. The summed E-state index contributed by atoms with van der Waals surface area (Å²) in [6, 6.07) is 5.98. The highest BCUT2D eigenvalue weighted by atomic mass is 16.6. The first-order valence-electron chi connectivity index (χ1n) is 6.65. The molecule has 2 aromatic rings. The molecule has 0 radical (unpaired) electrons. The van der Waals surface area contributed by atoms with E-state index in [-0.39, 0.29) is 11.6 Å². The molecule has 0 unspecified atom stereocenters. The van der Waals surface area contributed by atoms with Crippen molar-refractivity contribution in [3.8, 4) is 0 Å². The van der Waals surface area contributed by atoms with Gasteiger partial charge in [0.25, 0.3) is 5.69 Å². The summed E-state index contributed by atoms with van der Waals surface area (Å²) in [5.41, 5.74) is 2.58. The fraction of sp³-hybridized carbons (Fsp3) is 0.200. The van der Waals surface area contributed by atoms with Gasteiger partial charge in [0.2, 0.25) is 5.91 Å². The van der Waals surface area contributed by atoms with Crippen LogP contribution in [0.3, 0.4) is 0 Å². The summed E-state index contributed by atoms with van der Waals surface area (Å²) < 4.78 is 1.70. The summed E-state index contributed by atoms with van der Waals surface area (Å²) in [4.78, 5) is 21.8. The first-order chi connectivity index (χ1) is 10.5. The van der Waals surface area contributed by atoms with Crippen molar-refractivity contribution in [2.45, 2.75) is 13.5 Å². The Hall–Kier alpha value is -2.96. The number of nitrogens with one attached hydrogen (secondary N) is 1. The van der Waals surface area contributed by atoms with Crippen molar-refractivity contribution in [2.24, 2.45) is 7.05 Å². The van der Waals surface area contributed by atoms with Crippen molar-refractivity contribution in [1.29, 1.82) is 0 Å². The Balaban J connectivity index is 1.91. The van der Waals surface area contributed by atoms with Crippen molar-refractivity contribution in [3.05, 3.63) is 63.5 Å². The molecule has 0 fully saturated rings. The second-order valence-corrected chi connectivity index (χ2v) is 4.81. The summed E-state index contributed by atoms with van der Waals surface area (Å²) in [6.07, 6.45) is 4.86. The fourth-order valence-corrected chi connectivity index (χ4v) is 1.94. The molecule has 0 saturated heterocycles. The van der Waals surface area contributed by atoms with E-state index in [0.29, 0.717) is 6.54 Å². The smallest absolute Gasteiger partial charge is 0.269 e. The molecule has 0 atom stereocenters. The van der Waals surface area contributed by atoms with E-state index in [1.807, 2.05) is 20.2 Å². The van der Waals surface area contributed by atoms with E-state index in [9.17, 15) is 14.9 Å². The van der Waals surface area contributed by atoms with Gasteiger partial charge < -0.3 is 5.32 Å². The number of amides is 1. The average Bonchev–Trinajstić information content (AvgIpc) is 2.81. The molecule has 1 amide bonds. The zero-order valence-corrected chi connectivity index (χ0v) is 12.3. The van der Waals surface area contributed by atoms with E-state index in [2.05, 4.69) is 10.4 Å². The summed E-state index contributed by atoms with van der Waals surface area (Å²) in [6.45, 7) is 2.29. The molecule has 7 nitrogen and oxygen atoms in total. The number of aromatic nitrogens is 2. The Morgan fingerprint density at radius 3 is 2.64 bits per heavy atom. The molecular formula is C15H16N4O3. The van der Waals surface area contributed by atoms with Crippen LogP contribution < -0.4 is 5.32 Å². The van der Waals surface area contributed by atoms with E-state index < -0.39 is 4.92 Å². The van der Waals surface area contributed by atoms with Crippen LogP contribution in [-0.4, -0.2) is 20.6 Å². The van der Waals surface area contributed by atoms with Crippen LogP contribution in [0.15, 0.2) is 36.5 Å². The van der Waals surface area contributed by atoms with Gasteiger partial charge >= 0.3 is 0 Å². The first-order valence-corrected chi connectivity index (χ1v) is 6.65. The van der Waals surface area contributed by atoms with Crippen LogP contribution in [-0.2, 0) is 18.4 Å². The van der Waals surface area contributed by atoms with Crippen LogP contribution in [0, 0.1) is 17.0 Å². The molecule has 2 rings (SSSR count). The molecule has 1 aromatic heterocycles. The van der Waals surface area contributed by atoms with E-state index >= 15 is 0 Å². The highest BCUT2D eigenvalue weighted by Gasteiger charge is 2.05. The van der Waals surface area contributed by atoms with Gasteiger partial charge in [-0.3, -0.25) is 19.6 Å². The molecule has 0 aliphatic rings. The molecule has 0 spiro atoms. The van der Waals surface area contributed by atoms with E-state index in [0.717, 1.165) is 16.8 Å². The molecule has 1 heterocycles. The van der Waals surface area contributed by atoms with Gasteiger partial charge in [0.1, 0.15) is 0 Å². The number of carbonyl (C=O) groups is 1. The number of hydrogen-bond acceptors (Lipinski definition) is 4. The number of non-ortho nitro benzene ring substituents is 1. The molecular weight excluding hydrogens is 284 g/mol. The summed E-state index contributed by atoms with van der Waals surface area (Å²) in [5, 5.41) is 17.5. The molecule has 0 aliphatic carbocycles. The molecule has 1 N–H and O–H groups in total. The van der Waals surface area contributed by atoms with Crippen LogP contribution in [0.5, 0.6) is 0 Å². The number of nitro benzene ring substituents is 1. The van der Waals surface area contributed by atoms with Crippen molar-refractivity contribution in [1.82, 2.24) is 15.1 Å². The summed E-state index contributed by atoms with van der Waals surface area (Å²) in [5.74, 6) is -0.235. The van der Waals surface area contributed by atoms with Gasteiger partial charge in [-0.25, -0.2) is 0 Å². The van der Waals surface area contributed by atoms with Gasteiger partial charge in [0, 0.05) is 43.6 Å². The number of nitro groups is 1. The SMILES string of the molecule is Cc1nn(C)cc1CNC(=O)/C=C/c1ccc([N+](=O)[O-])cc1. The highest BCUT2D eigenvalue weighted by Crippen LogP contribution is 2.12. The third-order valence-corrected chi connectivity index (χ3v) is 3.10. The molecule has 1 aromatic carbocycles. The largest absolute Gasteiger partial charge is 0.348 e. The van der Waals surface area contributed by atoms with E-state index in [1.54, 1.807) is 22.9 Å². The minimum atomic E-state index is -0.462. The quantitative estimate of drug-likeness (QED) is 0.519. The lowest BCUT2D eigenvalue weighted by molar-refractivity contribution is -0.384. The summed E-state index contributed by atoms with van der Waals surface area (Å²) in [7, 11) is 1.83. The lowest BCUT2D eigenvalue weighted by Crippen LogP contribution is -2.20. The highest BCUT2D eigenvalue weighted by molar-refractivity contribution is 5.91. The van der Waals surface area contributed by atoms with Crippen molar-refractivity contribution in [2.75, 3.05) is 0 Å². The standard InChI is InChI=1S/C15H16N4O3/c1-11-13(10-18(2)17-11)9-16-15(20)8-5-12-3-6-14(7-4-12)19(21)22/h3-8,10H,9H2,1-2H3,(H,16,20)/b8-5+. The Labute approximate surface area is 127 Å². The second kappa shape index (κ2) is 6.66. The normalized spacial score (nSPS) is 10.8. The zero-order chi connectivity index (χ0) is 16.1. The van der Waals surface area contributed by atoms with Crippen LogP contribution in [0.2, 0.25) is 0 Å². The zero-order valence-electron chi connectivity index (χ0n) is 12.3. The van der Waals surface area contributed by atoms with Crippen molar-refractivity contribution in [3.63, 3.8) is 0 Å². The third kappa shape index (κ3) is 4.02. The second-order valence-electron chi connectivity index (χ2n) is 4.81. The maximum Gasteiger partial charge on any atom is 0.269 e. The predicted molar refractivity (Wildman–Crippen MR) is 81.9 cm³/mol. The Kier molecular flexibility index (Phi) is 4.67. The lowest BCUT2D eigenvalue weighted by atomic mass is 10.2. The molecule has 0 saturated carbocycles.